The molecule has 1 heterocycles. The smallest absolute Gasteiger partial charge is 0.302 e. The highest BCUT2D eigenvalue weighted by atomic mass is 35.5. The van der Waals surface area contributed by atoms with Crippen molar-refractivity contribution < 1.29 is 0 Å². The molecule has 0 unspecified atom stereocenters. The molecule has 0 N–H and O–H groups in total. The van der Waals surface area contributed by atoms with Crippen molar-refractivity contribution >= 4 is 35.0 Å². The molecule has 4 nitrogen and oxygen atoms in total. The predicted octanol–water partition coefficient (Wildman–Crippen LogP) is 4.67. The van der Waals surface area contributed by atoms with Gasteiger partial charge in [-0.3, -0.25) is 4.57 Å². The molecule has 2 aromatic rings. The van der Waals surface area contributed by atoms with E-state index < -0.39 is 0 Å². The Hall–Kier alpha value is -1.01. The largest absolute Gasteiger partial charge is 0.348 e. The fraction of sp³-hybridized carbons (Fsp3) is 0.500. The fourth-order valence-electron chi connectivity index (χ4n) is 3.50. The maximum Gasteiger partial charge on any atom is 0.348 e. The zero-order chi connectivity index (χ0) is 19.4. The van der Waals surface area contributed by atoms with Crippen molar-refractivity contribution in [3.05, 3.63) is 55.5 Å². The third kappa shape index (κ3) is 4.89. The summed E-state index contributed by atoms with van der Waals surface area (Å²) >= 11 is 13.8. The molecule has 0 fully saturated rings. The minimum Gasteiger partial charge on any atom is -0.302 e. The second-order valence-electron chi connectivity index (χ2n) is 6.68. The van der Waals surface area contributed by atoms with E-state index in [4.69, 9.17) is 23.2 Å². The van der Waals surface area contributed by atoms with Gasteiger partial charge in [0.25, 0.3) is 0 Å². The van der Waals surface area contributed by atoms with Crippen LogP contribution in [0.2, 0.25) is 10.0 Å². The minimum absolute atomic E-state index is 0.132. The molecule has 1 aromatic carbocycles. The highest BCUT2D eigenvalue weighted by molar-refractivity contribution is 7.98. The minimum atomic E-state index is -0.132. The summed E-state index contributed by atoms with van der Waals surface area (Å²) in [4.78, 5) is 19.4. The van der Waals surface area contributed by atoms with Crippen molar-refractivity contribution in [3.63, 3.8) is 0 Å². The van der Waals surface area contributed by atoms with Gasteiger partial charge in [0, 0.05) is 40.1 Å². The molecule has 0 aliphatic heterocycles. The van der Waals surface area contributed by atoms with E-state index in [-0.39, 0.29) is 5.69 Å². The van der Waals surface area contributed by atoms with Gasteiger partial charge in [0.1, 0.15) is 5.03 Å². The van der Waals surface area contributed by atoms with Crippen LogP contribution in [0, 0.1) is 0 Å². The molecule has 146 valence electrons. The van der Waals surface area contributed by atoms with E-state index in [1.807, 2.05) is 16.7 Å². The number of rotatable bonds is 8. The fourth-order valence-corrected chi connectivity index (χ4v) is 5.14. The summed E-state index contributed by atoms with van der Waals surface area (Å²) in [5, 5.41) is 2.14. The number of nitrogens with zero attached hydrogens (tertiary/aromatic N) is 3. The first kappa shape index (κ1) is 20.7. The van der Waals surface area contributed by atoms with E-state index in [1.165, 1.54) is 11.3 Å². The normalized spacial score (nSPS) is 13.4. The van der Waals surface area contributed by atoms with Crippen molar-refractivity contribution in [1.29, 1.82) is 0 Å². The molecule has 27 heavy (non-hydrogen) atoms. The van der Waals surface area contributed by atoms with Crippen molar-refractivity contribution in [3.8, 4) is 0 Å². The SMILES string of the molecule is CCN(CC)CCn1c2c(c(SCc3ccc(Cl)cc3Cl)nc1=O)CCC2. The Kier molecular flexibility index (Phi) is 7.26. The molecule has 1 aliphatic rings. The number of fused-ring (bicyclic) bond motifs is 1. The average molecular weight is 426 g/mol. The van der Waals surface area contributed by atoms with Crippen molar-refractivity contribution in [2.24, 2.45) is 0 Å². The molecular formula is C20H25Cl2N3OS. The third-order valence-electron chi connectivity index (χ3n) is 5.11. The number of benzene rings is 1. The highest BCUT2D eigenvalue weighted by Gasteiger charge is 2.22. The molecule has 0 spiro atoms. The third-order valence-corrected chi connectivity index (χ3v) is 6.77. The zero-order valence-corrected chi connectivity index (χ0v) is 18.1. The number of thioether (sulfide) groups is 1. The topological polar surface area (TPSA) is 38.1 Å². The van der Waals surface area contributed by atoms with Gasteiger partial charge >= 0.3 is 5.69 Å². The van der Waals surface area contributed by atoms with Crippen LogP contribution in [0.1, 0.15) is 37.1 Å². The second-order valence-corrected chi connectivity index (χ2v) is 8.49. The Labute approximate surface area is 174 Å². The summed E-state index contributed by atoms with van der Waals surface area (Å²) in [7, 11) is 0. The lowest BCUT2D eigenvalue weighted by atomic mass is 10.2. The molecule has 7 heteroatoms. The van der Waals surface area contributed by atoms with Crippen LogP contribution in [-0.4, -0.2) is 34.1 Å². The molecule has 0 amide bonds. The first-order valence-corrected chi connectivity index (χ1v) is 11.2. The predicted molar refractivity (Wildman–Crippen MR) is 114 cm³/mol. The summed E-state index contributed by atoms with van der Waals surface area (Å²) in [6.45, 7) is 7.89. The van der Waals surface area contributed by atoms with Gasteiger partial charge in [-0.1, -0.05) is 43.1 Å². The monoisotopic (exact) mass is 425 g/mol. The van der Waals surface area contributed by atoms with Crippen LogP contribution in [0.5, 0.6) is 0 Å². The quantitative estimate of drug-likeness (QED) is 0.454. The van der Waals surface area contributed by atoms with Crippen LogP contribution in [0.15, 0.2) is 28.0 Å². The van der Waals surface area contributed by atoms with Crippen LogP contribution in [-0.2, 0) is 25.1 Å². The molecule has 0 radical (unpaired) electrons. The number of likely N-dealkylation sites (N-methyl/N-ethyl adjacent to an activating group) is 1. The Bertz CT molecular complexity index is 865. The number of hydrogen-bond acceptors (Lipinski definition) is 4. The highest BCUT2D eigenvalue weighted by Crippen LogP contribution is 2.33. The standard InChI is InChI=1S/C20H25Cl2N3OS/c1-3-24(4-2)10-11-25-18-7-5-6-16(18)19(23-20(25)26)27-13-14-8-9-15(21)12-17(14)22/h8-9,12H,3-7,10-11,13H2,1-2H3. The van der Waals surface area contributed by atoms with E-state index in [0.717, 1.165) is 49.5 Å². The van der Waals surface area contributed by atoms with Gasteiger partial charge in [0.05, 0.1) is 0 Å². The van der Waals surface area contributed by atoms with Crippen LogP contribution in [0.3, 0.4) is 0 Å². The molecular weight excluding hydrogens is 401 g/mol. The Morgan fingerprint density at radius 1 is 1.22 bits per heavy atom. The Balaban J connectivity index is 1.80. The summed E-state index contributed by atoms with van der Waals surface area (Å²) in [6, 6.07) is 5.53. The van der Waals surface area contributed by atoms with E-state index >= 15 is 0 Å². The number of aromatic nitrogens is 2. The second kappa shape index (κ2) is 9.46. The summed E-state index contributed by atoms with van der Waals surface area (Å²) in [5.74, 6) is 0.679. The summed E-state index contributed by atoms with van der Waals surface area (Å²) in [5.41, 5.74) is 3.29. The summed E-state index contributed by atoms with van der Waals surface area (Å²) in [6.07, 6.45) is 3.03. The molecule has 1 aliphatic carbocycles. The Morgan fingerprint density at radius 3 is 2.70 bits per heavy atom. The van der Waals surface area contributed by atoms with Gasteiger partial charge in [0.15, 0.2) is 0 Å². The van der Waals surface area contributed by atoms with Gasteiger partial charge in [-0.2, -0.15) is 4.98 Å². The van der Waals surface area contributed by atoms with E-state index in [9.17, 15) is 4.79 Å². The van der Waals surface area contributed by atoms with Gasteiger partial charge in [-0.15, -0.1) is 11.8 Å². The maximum absolute atomic E-state index is 12.7. The van der Waals surface area contributed by atoms with Crippen molar-refractivity contribution in [1.82, 2.24) is 14.5 Å². The lowest BCUT2D eigenvalue weighted by Crippen LogP contribution is -2.33. The molecule has 3 rings (SSSR count). The molecule has 0 saturated heterocycles. The van der Waals surface area contributed by atoms with Crippen molar-refractivity contribution in [2.75, 3.05) is 19.6 Å². The molecule has 0 bridgehead atoms. The molecule has 0 saturated carbocycles. The van der Waals surface area contributed by atoms with E-state index in [1.54, 1.807) is 17.8 Å². The molecule has 1 aromatic heterocycles. The number of halogens is 2. The van der Waals surface area contributed by atoms with Gasteiger partial charge in [-0.25, -0.2) is 4.79 Å². The first-order valence-electron chi connectivity index (χ1n) is 9.45. The van der Waals surface area contributed by atoms with Gasteiger partial charge < -0.3 is 4.90 Å². The van der Waals surface area contributed by atoms with Crippen LogP contribution < -0.4 is 5.69 Å². The van der Waals surface area contributed by atoms with E-state index in [0.29, 0.717) is 22.3 Å². The zero-order valence-electron chi connectivity index (χ0n) is 15.8. The van der Waals surface area contributed by atoms with Crippen LogP contribution >= 0.6 is 35.0 Å². The lowest BCUT2D eigenvalue weighted by Gasteiger charge is -2.20. The van der Waals surface area contributed by atoms with Gasteiger partial charge in [0.2, 0.25) is 0 Å². The van der Waals surface area contributed by atoms with Crippen molar-refractivity contribution in [2.45, 2.75) is 50.4 Å². The lowest BCUT2D eigenvalue weighted by molar-refractivity contribution is 0.286. The summed E-state index contributed by atoms with van der Waals surface area (Å²) < 4.78 is 1.89. The molecule has 0 atom stereocenters. The maximum atomic E-state index is 12.7. The number of hydrogen-bond donors (Lipinski definition) is 0. The first-order chi connectivity index (χ1) is 13.0. The van der Waals surface area contributed by atoms with Gasteiger partial charge in [-0.05, 0) is 50.0 Å². The average Bonchev–Trinajstić information content (AvgIpc) is 3.13. The van der Waals surface area contributed by atoms with E-state index in [2.05, 4.69) is 23.7 Å². The van der Waals surface area contributed by atoms with Crippen LogP contribution in [0.4, 0.5) is 0 Å². The van der Waals surface area contributed by atoms with Crippen LogP contribution in [0.25, 0.3) is 0 Å². The Morgan fingerprint density at radius 2 is 2.00 bits per heavy atom.